The van der Waals surface area contributed by atoms with Crippen LogP contribution in [0.4, 0.5) is 0 Å². The zero-order valence-electron chi connectivity index (χ0n) is 11.9. The summed E-state index contributed by atoms with van der Waals surface area (Å²) in [4.78, 5) is 13.9. The number of methoxy groups -OCH3 is 1. The monoisotopic (exact) mass is 257 g/mol. The molecular weight excluding hydrogens is 230 g/mol. The summed E-state index contributed by atoms with van der Waals surface area (Å²) in [5.74, 6) is 0.124. The van der Waals surface area contributed by atoms with Crippen LogP contribution >= 0.6 is 0 Å². The quantitative estimate of drug-likeness (QED) is 0.640. The number of rotatable bonds is 7. The second-order valence-corrected chi connectivity index (χ2v) is 5.28. The van der Waals surface area contributed by atoms with E-state index >= 15 is 0 Å². The van der Waals surface area contributed by atoms with Gasteiger partial charge in [0.2, 0.25) is 5.91 Å². The van der Waals surface area contributed by atoms with Gasteiger partial charge in [-0.25, -0.2) is 0 Å². The van der Waals surface area contributed by atoms with Crippen LogP contribution in [0, 0.1) is 0 Å². The lowest BCUT2D eigenvalue weighted by Crippen LogP contribution is -2.51. The first-order chi connectivity index (χ1) is 8.59. The molecule has 0 radical (unpaired) electrons. The highest BCUT2D eigenvalue weighted by atomic mass is 16.5. The maximum atomic E-state index is 11.7. The summed E-state index contributed by atoms with van der Waals surface area (Å²) in [6, 6.07) is 0. The van der Waals surface area contributed by atoms with E-state index in [1.165, 1.54) is 0 Å². The van der Waals surface area contributed by atoms with Gasteiger partial charge in [-0.05, 0) is 33.2 Å². The predicted molar refractivity (Wildman–Crippen MR) is 72.6 cm³/mol. The summed E-state index contributed by atoms with van der Waals surface area (Å²) >= 11 is 0. The molecule has 0 saturated carbocycles. The average Bonchev–Trinajstić information content (AvgIpc) is 2.38. The van der Waals surface area contributed by atoms with Crippen molar-refractivity contribution in [1.82, 2.24) is 15.5 Å². The van der Waals surface area contributed by atoms with Crippen LogP contribution in [-0.4, -0.2) is 63.3 Å². The maximum absolute atomic E-state index is 11.7. The topological polar surface area (TPSA) is 53.6 Å². The van der Waals surface area contributed by atoms with E-state index in [0.717, 1.165) is 32.4 Å². The molecule has 5 nitrogen and oxygen atoms in total. The van der Waals surface area contributed by atoms with Gasteiger partial charge in [0.25, 0.3) is 0 Å². The molecule has 1 rings (SSSR count). The first kappa shape index (κ1) is 15.4. The standard InChI is InChI=1S/C13H27N3O2/c1-13(14-2)5-8-16(9-6-13)11-12(17)15-7-4-10-18-3/h14H,4-11H2,1-3H3,(H,15,17). The second-order valence-electron chi connectivity index (χ2n) is 5.28. The van der Waals surface area contributed by atoms with Crippen molar-refractivity contribution in [1.29, 1.82) is 0 Å². The van der Waals surface area contributed by atoms with E-state index in [1.807, 2.05) is 7.05 Å². The fourth-order valence-corrected chi connectivity index (χ4v) is 2.16. The first-order valence-electron chi connectivity index (χ1n) is 6.76. The lowest BCUT2D eigenvalue weighted by molar-refractivity contribution is -0.122. The summed E-state index contributed by atoms with van der Waals surface area (Å²) in [6.45, 7) is 6.15. The van der Waals surface area contributed by atoms with Crippen molar-refractivity contribution < 1.29 is 9.53 Å². The van der Waals surface area contributed by atoms with Gasteiger partial charge in [0.15, 0.2) is 0 Å². The number of piperidine rings is 1. The van der Waals surface area contributed by atoms with E-state index in [9.17, 15) is 4.79 Å². The number of likely N-dealkylation sites (tertiary alicyclic amines) is 1. The van der Waals surface area contributed by atoms with Crippen molar-refractivity contribution in [3.63, 3.8) is 0 Å². The van der Waals surface area contributed by atoms with Crippen LogP contribution in [0.2, 0.25) is 0 Å². The van der Waals surface area contributed by atoms with Crippen molar-refractivity contribution >= 4 is 5.91 Å². The van der Waals surface area contributed by atoms with E-state index in [-0.39, 0.29) is 11.4 Å². The molecule has 5 heteroatoms. The normalized spacial score (nSPS) is 19.7. The van der Waals surface area contributed by atoms with Crippen molar-refractivity contribution in [2.45, 2.75) is 31.7 Å². The Kier molecular flexibility index (Phi) is 6.60. The second kappa shape index (κ2) is 7.71. The number of carbonyl (C=O) groups excluding carboxylic acids is 1. The van der Waals surface area contributed by atoms with Crippen LogP contribution in [0.15, 0.2) is 0 Å². The summed E-state index contributed by atoms with van der Waals surface area (Å²) in [6.07, 6.45) is 3.07. The van der Waals surface area contributed by atoms with E-state index in [0.29, 0.717) is 19.7 Å². The van der Waals surface area contributed by atoms with Crippen LogP contribution in [-0.2, 0) is 9.53 Å². The maximum Gasteiger partial charge on any atom is 0.234 e. The van der Waals surface area contributed by atoms with Crippen LogP contribution in [0.3, 0.4) is 0 Å². The number of nitrogens with zero attached hydrogens (tertiary/aromatic N) is 1. The first-order valence-corrected chi connectivity index (χ1v) is 6.76. The average molecular weight is 257 g/mol. The Hall–Kier alpha value is -0.650. The van der Waals surface area contributed by atoms with Crippen molar-refractivity contribution in [2.24, 2.45) is 0 Å². The molecule has 0 spiro atoms. The molecule has 0 atom stereocenters. The number of amides is 1. The fraction of sp³-hybridized carbons (Fsp3) is 0.923. The molecule has 1 heterocycles. The van der Waals surface area contributed by atoms with Crippen molar-refractivity contribution in [3.8, 4) is 0 Å². The summed E-state index contributed by atoms with van der Waals surface area (Å²) < 4.78 is 4.94. The lowest BCUT2D eigenvalue weighted by atomic mass is 9.90. The zero-order valence-corrected chi connectivity index (χ0v) is 11.9. The molecule has 0 aromatic rings. The van der Waals surface area contributed by atoms with Crippen molar-refractivity contribution in [3.05, 3.63) is 0 Å². The van der Waals surface area contributed by atoms with Gasteiger partial charge in [-0.15, -0.1) is 0 Å². The van der Waals surface area contributed by atoms with Crippen LogP contribution in [0.5, 0.6) is 0 Å². The molecule has 18 heavy (non-hydrogen) atoms. The van der Waals surface area contributed by atoms with Gasteiger partial charge in [0.05, 0.1) is 6.54 Å². The minimum Gasteiger partial charge on any atom is -0.385 e. The predicted octanol–water partition coefficient (Wildman–Crippen LogP) is 0.213. The lowest BCUT2D eigenvalue weighted by Gasteiger charge is -2.39. The van der Waals surface area contributed by atoms with E-state index in [4.69, 9.17) is 4.74 Å². The Morgan fingerprint density at radius 1 is 1.39 bits per heavy atom. The van der Waals surface area contributed by atoms with Crippen LogP contribution < -0.4 is 10.6 Å². The van der Waals surface area contributed by atoms with Crippen LogP contribution in [0.25, 0.3) is 0 Å². The minimum absolute atomic E-state index is 0.124. The number of ether oxygens (including phenoxy) is 1. The third-order valence-corrected chi connectivity index (χ3v) is 3.78. The molecule has 1 saturated heterocycles. The molecular formula is C13H27N3O2. The zero-order chi connectivity index (χ0) is 13.4. The molecule has 2 N–H and O–H groups in total. The van der Waals surface area contributed by atoms with Gasteiger partial charge < -0.3 is 15.4 Å². The fourth-order valence-electron chi connectivity index (χ4n) is 2.16. The summed E-state index contributed by atoms with van der Waals surface area (Å²) in [5, 5.41) is 6.28. The number of hydrogen-bond acceptors (Lipinski definition) is 4. The summed E-state index contributed by atoms with van der Waals surface area (Å²) in [7, 11) is 3.69. The molecule has 0 bridgehead atoms. The third-order valence-electron chi connectivity index (χ3n) is 3.78. The number of carbonyl (C=O) groups is 1. The van der Waals surface area contributed by atoms with Gasteiger partial charge in [-0.3, -0.25) is 9.69 Å². The van der Waals surface area contributed by atoms with Gasteiger partial charge >= 0.3 is 0 Å². The third kappa shape index (κ3) is 5.33. The number of nitrogens with one attached hydrogen (secondary N) is 2. The van der Waals surface area contributed by atoms with Crippen LogP contribution in [0.1, 0.15) is 26.2 Å². The van der Waals surface area contributed by atoms with E-state index in [2.05, 4.69) is 22.5 Å². The van der Waals surface area contributed by atoms with Gasteiger partial charge in [-0.2, -0.15) is 0 Å². The minimum atomic E-state index is 0.124. The Balaban J connectivity index is 2.14. The highest BCUT2D eigenvalue weighted by molar-refractivity contribution is 5.77. The van der Waals surface area contributed by atoms with Gasteiger partial charge in [0, 0.05) is 38.9 Å². The van der Waals surface area contributed by atoms with Crippen molar-refractivity contribution in [2.75, 3.05) is 46.9 Å². The summed E-state index contributed by atoms with van der Waals surface area (Å²) in [5.41, 5.74) is 0.242. The molecule has 106 valence electrons. The Labute approximate surface area is 110 Å². The highest BCUT2D eigenvalue weighted by Gasteiger charge is 2.28. The largest absolute Gasteiger partial charge is 0.385 e. The Bertz CT molecular complexity index is 251. The molecule has 1 amide bonds. The van der Waals surface area contributed by atoms with E-state index in [1.54, 1.807) is 7.11 Å². The molecule has 0 aromatic carbocycles. The molecule has 0 unspecified atom stereocenters. The molecule has 1 aliphatic rings. The smallest absolute Gasteiger partial charge is 0.234 e. The number of hydrogen-bond donors (Lipinski definition) is 2. The molecule has 1 aliphatic heterocycles. The SMILES string of the molecule is CNC1(C)CCN(CC(=O)NCCCOC)CC1. The van der Waals surface area contributed by atoms with Gasteiger partial charge in [-0.1, -0.05) is 0 Å². The molecule has 1 fully saturated rings. The Morgan fingerprint density at radius 3 is 2.61 bits per heavy atom. The molecule has 0 aromatic heterocycles. The highest BCUT2D eigenvalue weighted by Crippen LogP contribution is 2.20. The Morgan fingerprint density at radius 2 is 2.06 bits per heavy atom. The van der Waals surface area contributed by atoms with E-state index < -0.39 is 0 Å². The molecule has 0 aliphatic carbocycles. The van der Waals surface area contributed by atoms with Gasteiger partial charge in [0.1, 0.15) is 0 Å².